The van der Waals surface area contributed by atoms with Crippen LogP contribution in [-0.4, -0.2) is 151 Å². The minimum Gasteiger partial charge on any atom is -0.495 e. The molecular weight excluding hydrogens is 1580 g/mol. The summed E-state index contributed by atoms with van der Waals surface area (Å²) in [5, 5.41) is 38.5. The molecule has 0 atom stereocenters. The van der Waals surface area contributed by atoms with Gasteiger partial charge in [0, 0.05) is 124 Å². The summed E-state index contributed by atoms with van der Waals surface area (Å²) < 4.78 is 24.7. The molecule has 4 aliphatic heterocycles. The van der Waals surface area contributed by atoms with Gasteiger partial charge in [-0.2, -0.15) is 15.3 Å². The molecule has 0 saturated heterocycles. The average molecular weight is 1660 g/mol. The summed E-state index contributed by atoms with van der Waals surface area (Å²) in [5.74, 6) is -1.22. The summed E-state index contributed by atoms with van der Waals surface area (Å²) in [4.78, 5) is 107. The van der Waals surface area contributed by atoms with Crippen molar-refractivity contribution in [2.45, 2.75) is 38.9 Å². The highest BCUT2D eigenvalue weighted by atomic mass is 35.5. The smallest absolute Gasteiger partial charge is 0.337 e. The van der Waals surface area contributed by atoms with Gasteiger partial charge in [-0.25, -0.2) is 24.4 Å². The van der Waals surface area contributed by atoms with E-state index in [9.17, 15) is 43.8 Å². The van der Waals surface area contributed by atoms with Crippen molar-refractivity contribution in [3.05, 3.63) is 322 Å². The fraction of sp³-hybridized carbons (Fsp3) is 0.143. The van der Waals surface area contributed by atoms with E-state index in [1.165, 1.54) is 28.4 Å². The molecule has 0 saturated carbocycles. The Morgan fingerprint density at radius 3 is 1.20 bits per heavy atom. The number of halogens is 2. The minimum absolute atomic E-state index is 0. The molecule has 18 rings (SSSR count). The number of esters is 3. The van der Waals surface area contributed by atoms with Gasteiger partial charge in [-0.15, -0.1) is 24.8 Å². The number of hydrogen-bond donors (Lipinski definition) is 6. The van der Waals surface area contributed by atoms with Gasteiger partial charge in [-0.1, -0.05) is 109 Å². The number of fused-ring (bicyclic) bond motifs is 6. The molecule has 30 heteroatoms. The van der Waals surface area contributed by atoms with Gasteiger partial charge < -0.3 is 64.9 Å². The predicted octanol–water partition coefficient (Wildman–Crippen LogP) is 14.1. The molecule has 0 aliphatic carbocycles. The van der Waals surface area contributed by atoms with Crippen LogP contribution < -0.4 is 25.8 Å². The number of aromatic nitrogens is 8. The van der Waals surface area contributed by atoms with E-state index in [1.54, 1.807) is 133 Å². The third-order valence-electron chi connectivity index (χ3n) is 20.5. The standard InChI is InChI=1S/2C30H25N5O4.C18H15NO4.C13H14N4O.2ClH/c2*1-39-30(38)21-8-10-23-24(17-21)33-29(37)27(23)28(19-6-3-2-4-7-19)32-22-9-11-25-20(16-22)12-15-35(25)26(36)18-34-14-5-13-31-34;1-22-16(11-6-4-3-5-7-11)15-13-9-8-12(18(21)23-2)10-14(13)19-17(15)20;14-11-2-3-12-10(8-11)4-7-17(12)13(18)9-16-6-1-5-15-16;;/h2*2-11,13-14,16-17,33,37H,12,15,18H2,1H3;3-10H,1-2H3,(H,19,20);1-3,5-6,8H,4,7,9,14H2;2*1H/b;;16-15-;;;. The van der Waals surface area contributed by atoms with Crippen molar-refractivity contribution >= 4 is 151 Å². The molecule has 9 heterocycles. The van der Waals surface area contributed by atoms with Crippen LogP contribution in [0.3, 0.4) is 0 Å². The Labute approximate surface area is 705 Å². The number of anilines is 5. The topological polar surface area (TPSA) is 354 Å². The Morgan fingerprint density at radius 1 is 0.430 bits per heavy atom. The van der Waals surface area contributed by atoms with E-state index in [-0.39, 0.29) is 79.8 Å². The number of H-pyrrole nitrogens is 2. The quantitative estimate of drug-likeness (QED) is 0.0123. The number of aromatic amines is 2. The summed E-state index contributed by atoms with van der Waals surface area (Å²) in [6.45, 7) is 2.56. The van der Waals surface area contributed by atoms with Crippen molar-refractivity contribution < 1.29 is 62.7 Å². The number of methoxy groups -OCH3 is 4. The van der Waals surface area contributed by atoms with Crippen molar-refractivity contribution in [1.82, 2.24) is 39.3 Å². The van der Waals surface area contributed by atoms with E-state index in [4.69, 9.17) is 34.7 Å². The third kappa shape index (κ3) is 18.2. The van der Waals surface area contributed by atoms with Gasteiger partial charge in [-0.05, 0) is 145 Å². The largest absolute Gasteiger partial charge is 0.495 e. The highest BCUT2D eigenvalue weighted by Gasteiger charge is 2.33. The summed E-state index contributed by atoms with van der Waals surface area (Å²) in [6, 6.07) is 66.4. The van der Waals surface area contributed by atoms with Crippen LogP contribution in [0.2, 0.25) is 0 Å². The van der Waals surface area contributed by atoms with Crippen LogP contribution in [0.1, 0.15) is 81.1 Å². The predicted molar refractivity (Wildman–Crippen MR) is 466 cm³/mol. The molecule has 0 bridgehead atoms. The Kier molecular flexibility index (Phi) is 25.9. The van der Waals surface area contributed by atoms with Crippen molar-refractivity contribution in [3.63, 3.8) is 0 Å². The Bertz CT molecular complexity index is 6030. The second-order valence-electron chi connectivity index (χ2n) is 27.8. The molecule has 0 radical (unpaired) electrons. The second-order valence-corrected chi connectivity index (χ2v) is 27.8. The molecular formula is C91H81Cl2N15O13. The van der Waals surface area contributed by atoms with Gasteiger partial charge in [0.25, 0.3) is 5.91 Å². The lowest BCUT2D eigenvalue weighted by Gasteiger charge is -2.17. The molecule has 0 spiro atoms. The van der Waals surface area contributed by atoms with E-state index in [0.717, 1.165) is 92.7 Å². The minimum atomic E-state index is -0.459. The van der Waals surface area contributed by atoms with Crippen molar-refractivity contribution in [2.24, 2.45) is 9.98 Å². The number of nitrogens with zero attached hydrogens (tertiary/aromatic N) is 11. The zero-order chi connectivity index (χ0) is 82.8. The third-order valence-corrected chi connectivity index (χ3v) is 20.5. The van der Waals surface area contributed by atoms with Gasteiger partial charge in [-0.3, -0.25) is 33.2 Å². The van der Waals surface area contributed by atoms with Crippen LogP contribution in [0.5, 0.6) is 11.8 Å². The number of nitrogen functional groups attached to an aromatic ring is 1. The molecule has 121 heavy (non-hydrogen) atoms. The first kappa shape index (κ1) is 83.8. The number of nitrogens with two attached hydrogens (primary N) is 1. The highest BCUT2D eigenvalue weighted by Crippen LogP contribution is 2.41. The van der Waals surface area contributed by atoms with E-state index in [0.29, 0.717) is 97.3 Å². The number of aromatic hydroxyl groups is 2. The van der Waals surface area contributed by atoms with Gasteiger partial charge in [0.2, 0.25) is 17.7 Å². The lowest BCUT2D eigenvalue weighted by molar-refractivity contribution is -0.120. The number of benzene rings is 9. The zero-order valence-corrected chi connectivity index (χ0v) is 67.4. The number of hydrogen-bond acceptors (Lipinski definition) is 19. The van der Waals surface area contributed by atoms with Crippen molar-refractivity contribution in [1.29, 1.82) is 0 Å². The number of ether oxygens (including phenoxy) is 4. The number of carbonyl (C=O) groups excluding carboxylic acids is 7. The monoisotopic (exact) mass is 1660 g/mol. The number of amides is 4. The molecule has 9 aromatic carbocycles. The van der Waals surface area contributed by atoms with Gasteiger partial charge in [0.15, 0.2) is 11.8 Å². The first-order valence-corrected chi connectivity index (χ1v) is 37.9. The number of nitrogens with one attached hydrogen (secondary N) is 3. The first-order chi connectivity index (χ1) is 57.9. The van der Waals surface area contributed by atoms with E-state index < -0.39 is 17.9 Å². The van der Waals surface area contributed by atoms with Crippen molar-refractivity contribution in [2.75, 3.05) is 73.8 Å². The highest BCUT2D eigenvalue weighted by molar-refractivity contribution is 6.36. The lowest BCUT2D eigenvalue weighted by atomic mass is 10.00. The Morgan fingerprint density at radius 2 is 0.810 bits per heavy atom. The van der Waals surface area contributed by atoms with E-state index in [1.807, 2.05) is 152 Å². The number of carbonyl (C=O) groups is 7. The first-order valence-electron chi connectivity index (χ1n) is 37.9. The zero-order valence-electron chi connectivity index (χ0n) is 65.8. The van der Waals surface area contributed by atoms with Crippen LogP contribution in [0, 0.1) is 0 Å². The molecule has 612 valence electrons. The average Bonchev–Trinajstić information content (AvgIpc) is 1.41. The lowest BCUT2D eigenvalue weighted by Crippen LogP contribution is -2.32. The van der Waals surface area contributed by atoms with Gasteiger partial charge >= 0.3 is 17.9 Å². The van der Waals surface area contributed by atoms with Crippen LogP contribution in [0.4, 0.5) is 39.8 Å². The van der Waals surface area contributed by atoms with Crippen LogP contribution in [0.25, 0.3) is 33.1 Å². The summed E-state index contributed by atoms with van der Waals surface area (Å²) in [6.07, 6.45) is 12.6. The van der Waals surface area contributed by atoms with Crippen molar-refractivity contribution in [3.8, 4) is 11.8 Å². The maximum absolute atomic E-state index is 12.9. The molecule has 0 unspecified atom stereocenters. The summed E-state index contributed by atoms with van der Waals surface area (Å²) >= 11 is 0. The molecule has 28 nitrogen and oxygen atoms in total. The fourth-order valence-electron chi connectivity index (χ4n) is 14.9. The second kappa shape index (κ2) is 37.4. The maximum Gasteiger partial charge on any atom is 0.337 e. The number of rotatable bonds is 17. The van der Waals surface area contributed by atoms with Crippen LogP contribution in [0.15, 0.2) is 266 Å². The molecule has 4 amide bonds. The SMILES string of the molecule is COC(=O)c1ccc2c(C(=Nc3ccc4c(c3)CCN4C(=O)Cn3cccn3)c3ccccc3)c(O)[nH]c2c1.COC(=O)c1ccc2c(C(=Nc3ccc4c(c3)CCN4C(=O)Cn3cccn3)c3ccccc3)c(O)[nH]c2c1.COC(=O)c1ccc2c(c1)NC(=O)/C2=C(\OC)c1ccccc1.Cl.Cl.Nc1ccc2c(c1)CCN2C(=O)Cn1cccn1. The maximum atomic E-state index is 12.9. The molecule has 4 aliphatic rings. The van der Waals surface area contributed by atoms with E-state index in [2.05, 4.69) is 30.6 Å². The van der Waals surface area contributed by atoms with Crippen LogP contribution >= 0.6 is 24.8 Å². The molecule has 5 aromatic heterocycles. The molecule has 14 aromatic rings. The molecule has 7 N–H and O–H groups in total. The normalized spacial score (nSPS) is 13.3. The van der Waals surface area contributed by atoms with Crippen LogP contribution in [-0.2, 0) is 77.0 Å². The Hall–Kier alpha value is -15.2. The molecule has 0 fully saturated rings. The summed E-state index contributed by atoms with van der Waals surface area (Å²) in [7, 11) is 5.51. The fourth-order valence-corrected chi connectivity index (χ4v) is 14.9. The number of aliphatic imine (C=N–C) groups is 2. The Balaban J connectivity index is 0.000000145. The summed E-state index contributed by atoms with van der Waals surface area (Å²) in [5.41, 5.74) is 22.5. The van der Waals surface area contributed by atoms with Gasteiger partial charge in [0.05, 0.1) is 90.3 Å². The van der Waals surface area contributed by atoms with E-state index >= 15 is 0 Å². The van der Waals surface area contributed by atoms with Gasteiger partial charge in [0.1, 0.15) is 25.4 Å².